The Kier molecular flexibility index (Phi) is 5.43. The Morgan fingerprint density at radius 1 is 1.28 bits per heavy atom. The highest BCUT2D eigenvalue weighted by Crippen LogP contribution is 2.15. The average molecular weight is 247 g/mol. The maximum atomic E-state index is 11.5. The fraction of sp³-hybridized carbons (Fsp3) is 0.400. The van der Waals surface area contributed by atoms with E-state index >= 15 is 0 Å². The van der Waals surface area contributed by atoms with Gasteiger partial charge in [0.05, 0.1) is 6.54 Å². The molecule has 0 spiro atoms. The monoisotopic (exact) mass is 247 g/mol. The molecule has 0 N–H and O–H groups in total. The van der Waals surface area contributed by atoms with Gasteiger partial charge in [-0.05, 0) is 50.1 Å². The van der Waals surface area contributed by atoms with Gasteiger partial charge in [-0.15, -0.1) is 0 Å². The molecule has 0 bridgehead atoms. The summed E-state index contributed by atoms with van der Waals surface area (Å²) in [5.74, 6) is 0.862. The number of carbonyl (C=O) groups excluding carboxylic acids is 1. The molecule has 1 rings (SSSR count). The lowest BCUT2D eigenvalue weighted by Crippen LogP contribution is -2.29. The lowest BCUT2D eigenvalue weighted by Gasteiger charge is -2.16. The van der Waals surface area contributed by atoms with Crippen LogP contribution in [0.2, 0.25) is 0 Å². The van der Waals surface area contributed by atoms with E-state index < -0.39 is 0 Å². The van der Waals surface area contributed by atoms with Crippen LogP contribution in [0, 0.1) is 13.8 Å². The number of hydrogen-bond donors (Lipinski definition) is 0. The summed E-state index contributed by atoms with van der Waals surface area (Å²) in [6, 6.07) is 6.11. The predicted octanol–water partition coefficient (Wildman–Crippen LogP) is 2.72. The summed E-state index contributed by atoms with van der Waals surface area (Å²) in [5, 5.41) is 0. The van der Waals surface area contributed by atoms with Crippen molar-refractivity contribution in [3.05, 3.63) is 41.5 Å². The van der Waals surface area contributed by atoms with Crippen LogP contribution in [0.3, 0.4) is 0 Å². The molecule has 0 heterocycles. The molecule has 1 aromatic carbocycles. The number of likely N-dealkylation sites (N-methyl/N-ethyl adjacent to an activating group) is 1. The predicted molar refractivity (Wildman–Crippen MR) is 73.9 cm³/mol. The van der Waals surface area contributed by atoms with Crippen LogP contribution in [-0.2, 0) is 4.79 Å². The van der Waals surface area contributed by atoms with E-state index in [1.807, 2.05) is 32.9 Å². The molecule has 98 valence electrons. The molecule has 3 nitrogen and oxygen atoms in total. The fourth-order valence-corrected chi connectivity index (χ4v) is 1.70. The van der Waals surface area contributed by atoms with Crippen molar-refractivity contribution in [1.29, 1.82) is 0 Å². The van der Waals surface area contributed by atoms with E-state index in [0.717, 1.165) is 5.75 Å². The first-order chi connectivity index (χ1) is 8.52. The number of carbonyl (C=O) groups is 1. The van der Waals surface area contributed by atoms with Gasteiger partial charge >= 0.3 is 0 Å². The third kappa shape index (κ3) is 4.62. The van der Waals surface area contributed by atoms with Crippen LogP contribution in [0.5, 0.6) is 5.75 Å². The molecule has 1 aromatic rings. The third-order valence-corrected chi connectivity index (χ3v) is 2.58. The van der Waals surface area contributed by atoms with Crippen LogP contribution in [-0.4, -0.2) is 31.0 Å². The van der Waals surface area contributed by atoms with Gasteiger partial charge in [-0.3, -0.25) is 4.79 Å². The molecule has 0 aliphatic carbocycles. The van der Waals surface area contributed by atoms with Crippen molar-refractivity contribution in [3.8, 4) is 5.75 Å². The first kappa shape index (κ1) is 14.3. The number of hydrogen-bond acceptors (Lipinski definition) is 2. The second-order valence-electron chi connectivity index (χ2n) is 4.43. The maximum Gasteiger partial charge on any atom is 0.246 e. The minimum Gasteiger partial charge on any atom is -0.492 e. The van der Waals surface area contributed by atoms with Crippen molar-refractivity contribution in [3.63, 3.8) is 0 Å². The molecule has 0 atom stereocenters. The zero-order chi connectivity index (χ0) is 13.5. The van der Waals surface area contributed by atoms with Crippen molar-refractivity contribution >= 4 is 5.91 Å². The minimum atomic E-state index is 0.00141. The van der Waals surface area contributed by atoms with E-state index in [9.17, 15) is 4.79 Å². The smallest absolute Gasteiger partial charge is 0.246 e. The Morgan fingerprint density at radius 3 is 2.44 bits per heavy atom. The second-order valence-corrected chi connectivity index (χ2v) is 4.43. The van der Waals surface area contributed by atoms with Gasteiger partial charge in [-0.1, -0.05) is 12.1 Å². The number of ether oxygens (including phenoxy) is 1. The molecule has 18 heavy (non-hydrogen) atoms. The Hall–Kier alpha value is -1.77. The number of amides is 1. The van der Waals surface area contributed by atoms with Crippen LogP contribution < -0.4 is 4.74 Å². The molecule has 0 aliphatic heterocycles. The van der Waals surface area contributed by atoms with Gasteiger partial charge in [0.15, 0.2) is 0 Å². The molecule has 0 aromatic heterocycles. The van der Waals surface area contributed by atoms with Crippen LogP contribution in [0.15, 0.2) is 30.4 Å². The molecular weight excluding hydrogens is 226 g/mol. The van der Waals surface area contributed by atoms with Crippen molar-refractivity contribution < 1.29 is 9.53 Å². The normalized spacial score (nSPS) is 10.7. The average Bonchev–Trinajstić information content (AvgIpc) is 2.27. The van der Waals surface area contributed by atoms with Crippen LogP contribution >= 0.6 is 0 Å². The Labute approximate surface area is 109 Å². The Balaban J connectivity index is 2.44. The van der Waals surface area contributed by atoms with Gasteiger partial charge in [-0.25, -0.2) is 0 Å². The van der Waals surface area contributed by atoms with E-state index in [4.69, 9.17) is 4.74 Å². The zero-order valence-electron chi connectivity index (χ0n) is 11.6. The quantitative estimate of drug-likeness (QED) is 0.749. The topological polar surface area (TPSA) is 29.5 Å². The summed E-state index contributed by atoms with van der Waals surface area (Å²) in [7, 11) is 1.77. The number of rotatable bonds is 5. The largest absolute Gasteiger partial charge is 0.492 e. The number of aryl methyl sites for hydroxylation is 2. The van der Waals surface area contributed by atoms with E-state index in [0.29, 0.717) is 13.2 Å². The first-order valence-electron chi connectivity index (χ1n) is 6.12. The van der Waals surface area contributed by atoms with Crippen LogP contribution in [0.25, 0.3) is 0 Å². The molecule has 0 radical (unpaired) electrons. The van der Waals surface area contributed by atoms with Crippen molar-refractivity contribution in [2.75, 3.05) is 20.2 Å². The highest BCUT2D eigenvalue weighted by Gasteiger charge is 2.04. The van der Waals surface area contributed by atoms with Gasteiger partial charge in [0.25, 0.3) is 0 Å². The molecular formula is C15H21NO2. The summed E-state index contributed by atoms with van der Waals surface area (Å²) in [6.07, 6.45) is 3.29. The van der Waals surface area contributed by atoms with E-state index in [1.54, 1.807) is 24.1 Å². The summed E-state index contributed by atoms with van der Waals surface area (Å²) in [5.41, 5.74) is 2.37. The molecule has 0 saturated carbocycles. The lowest BCUT2D eigenvalue weighted by atomic mass is 10.1. The molecule has 1 amide bonds. The number of allylic oxidation sites excluding steroid dienone is 1. The molecule has 0 fully saturated rings. The summed E-state index contributed by atoms with van der Waals surface area (Å²) < 4.78 is 5.65. The fourth-order valence-electron chi connectivity index (χ4n) is 1.70. The van der Waals surface area contributed by atoms with Gasteiger partial charge in [0.1, 0.15) is 12.4 Å². The van der Waals surface area contributed by atoms with E-state index in [2.05, 4.69) is 6.07 Å². The summed E-state index contributed by atoms with van der Waals surface area (Å²) >= 11 is 0. The van der Waals surface area contributed by atoms with Gasteiger partial charge in [-0.2, -0.15) is 0 Å². The lowest BCUT2D eigenvalue weighted by molar-refractivity contribution is -0.125. The van der Waals surface area contributed by atoms with Crippen molar-refractivity contribution in [2.45, 2.75) is 20.8 Å². The maximum absolute atomic E-state index is 11.5. The van der Waals surface area contributed by atoms with Crippen molar-refractivity contribution in [2.24, 2.45) is 0 Å². The van der Waals surface area contributed by atoms with Gasteiger partial charge in [0.2, 0.25) is 5.91 Å². The standard InChI is InChI=1S/C15H21NO2/c1-5-6-15(17)16(4)7-8-18-14-10-12(2)9-13(3)11-14/h5-6,9-11H,7-8H2,1-4H3. The minimum absolute atomic E-state index is 0.00141. The van der Waals surface area contributed by atoms with Gasteiger partial charge < -0.3 is 9.64 Å². The highest BCUT2D eigenvalue weighted by molar-refractivity contribution is 5.87. The van der Waals surface area contributed by atoms with Gasteiger partial charge in [0, 0.05) is 7.05 Å². The first-order valence-corrected chi connectivity index (χ1v) is 6.12. The number of benzene rings is 1. The molecule has 3 heteroatoms. The summed E-state index contributed by atoms with van der Waals surface area (Å²) in [4.78, 5) is 13.1. The molecule has 0 aliphatic rings. The van der Waals surface area contributed by atoms with Crippen LogP contribution in [0.1, 0.15) is 18.1 Å². The molecule has 0 saturated heterocycles. The van der Waals surface area contributed by atoms with E-state index in [-0.39, 0.29) is 5.91 Å². The third-order valence-electron chi connectivity index (χ3n) is 2.58. The van der Waals surface area contributed by atoms with Crippen LogP contribution in [0.4, 0.5) is 0 Å². The Bertz CT molecular complexity index is 418. The molecule has 0 unspecified atom stereocenters. The summed E-state index contributed by atoms with van der Waals surface area (Å²) in [6.45, 7) is 7.00. The zero-order valence-corrected chi connectivity index (χ0v) is 11.6. The SMILES string of the molecule is CC=CC(=O)N(C)CCOc1cc(C)cc(C)c1. The Morgan fingerprint density at radius 2 is 1.89 bits per heavy atom. The second kappa shape index (κ2) is 6.84. The number of nitrogens with zero attached hydrogens (tertiary/aromatic N) is 1. The van der Waals surface area contributed by atoms with E-state index in [1.165, 1.54) is 11.1 Å². The highest BCUT2D eigenvalue weighted by atomic mass is 16.5. The van der Waals surface area contributed by atoms with Crippen molar-refractivity contribution in [1.82, 2.24) is 4.90 Å².